The summed E-state index contributed by atoms with van der Waals surface area (Å²) in [4.78, 5) is 44.4. The monoisotopic (exact) mass is 438 g/mol. The van der Waals surface area contributed by atoms with Crippen LogP contribution in [0, 0.1) is 25.7 Å². The summed E-state index contributed by atoms with van der Waals surface area (Å²) in [5, 5.41) is 0. The van der Waals surface area contributed by atoms with Gasteiger partial charge in [-0.1, -0.05) is 30.3 Å². The lowest BCUT2D eigenvalue weighted by molar-refractivity contribution is -0.123. The molecule has 0 aliphatic carbocycles. The summed E-state index contributed by atoms with van der Waals surface area (Å²) in [6.07, 6.45) is 5.23. The zero-order valence-corrected chi connectivity index (χ0v) is 18.3. The maximum atomic E-state index is 13.8. The number of hydrogen-bond acceptors (Lipinski definition) is 5. The van der Waals surface area contributed by atoms with Crippen LogP contribution in [0.3, 0.4) is 0 Å². The van der Waals surface area contributed by atoms with Crippen LogP contribution in [0.2, 0.25) is 0 Å². The minimum Gasteiger partial charge on any atom is -0.461 e. The van der Waals surface area contributed by atoms with Crippen LogP contribution in [0.1, 0.15) is 38.9 Å². The van der Waals surface area contributed by atoms with Gasteiger partial charge in [0.05, 0.1) is 29.8 Å². The van der Waals surface area contributed by atoms with E-state index in [0.717, 1.165) is 22.3 Å². The second kappa shape index (κ2) is 7.04. The maximum Gasteiger partial charge on any atom is 0.240 e. The Bertz CT molecular complexity index is 1340. The Balaban J connectivity index is 1.51. The molecule has 33 heavy (non-hydrogen) atoms. The van der Waals surface area contributed by atoms with E-state index in [1.165, 1.54) is 11.2 Å². The summed E-state index contributed by atoms with van der Waals surface area (Å²) in [6.45, 7) is 3.94. The average Bonchev–Trinajstić information content (AvgIpc) is 3.52. The summed E-state index contributed by atoms with van der Waals surface area (Å²) in [6, 6.07) is 15.5. The third kappa shape index (κ3) is 2.70. The quantitative estimate of drug-likeness (QED) is 0.451. The van der Waals surface area contributed by atoms with E-state index in [2.05, 4.69) is 0 Å². The van der Waals surface area contributed by atoms with Crippen molar-refractivity contribution in [3.8, 4) is 0 Å². The minimum atomic E-state index is -0.816. The minimum absolute atomic E-state index is 0.191. The molecule has 1 aromatic heterocycles. The van der Waals surface area contributed by atoms with Gasteiger partial charge in [0, 0.05) is 6.20 Å². The van der Waals surface area contributed by atoms with Crippen molar-refractivity contribution in [1.82, 2.24) is 4.90 Å². The maximum absolute atomic E-state index is 13.8. The molecule has 0 spiro atoms. The smallest absolute Gasteiger partial charge is 0.240 e. The first kappa shape index (κ1) is 19.7. The number of furan rings is 1. The highest BCUT2D eigenvalue weighted by atomic mass is 16.3. The topological polar surface area (TPSA) is 70.8 Å². The third-order valence-corrected chi connectivity index (χ3v) is 7.24. The van der Waals surface area contributed by atoms with Gasteiger partial charge < -0.3 is 9.32 Å². The molecule has 0 saturated carbocycles. The SMILES string of the molecule is Cc1ccc(N2C(=O)C3C(C2=O)C2c4ccccc4C=CN2C3C(=O)c2ccco2)cc1C. The number of rotatable bonds is 3. The van der Waals surface area contributed by atoms with E-state index in [4.69, 9.17) is 4.42 Å². The summed E-state index contributed by atoms with van der Waals surface area (Å²) in [5.41, 5.74) is 4.58. The zero-order valence-electron chi connectivity index (χ0n) is 18.3. The van der Waals surface area contributed by atoms with E-state index >= 15 is 0 Å². The van der Waals surface area contributed by atoms with Crippen molar-refractivity contribution in [2.24, 2.45) is 11.8 Å². The van der Waals surface area contributed by atoms with Crippen LogP contribution in [0.25, 0.3) is 6.08 Å². The molecule has 2 saturated heterocycles. The van der Waals surface area contributed by atoms with Crippen LogP contribution >= 0.6 is 0 Å². The molecule has 3 aliphatic rings. The van der Waals surface area contributed by atoms with Crippen LogP contribution in [0.5, 0.6) is 0 Å². The summed E-state index contributed by atoms with van der Waals surface area (Å²) >= 11 is 0. The number of Topliss-reactive ketones (excluding diaryl/α,β-unsaturated/α-hetero) is 1. The molecule has 6 nitrogen and oxygen atoms in total. The van der Waals surface area contributed by atoms with Gasteiger partial charge in [-0.3, -0.25) is 14.4 Å². The Morgan fingerprint density at radius 3 is 2.45 bits per heavy atom. The number of carbonyl (C=O) groups excluding carboxylic acids is 3. The molecule has 4 heterocycles. The molecule has 4 atom stereocenters. The van der Waals surface area contributed by atoms with E-state index < -0.39 is 23.9 Å². The van der Waals surface area contributed by atoms with Crippen molar-refractivity contribution in [3.05, 3.63) is 95.1 Å². The van der Waals surface area contributed by atoms with E-state index in [1.807, 2.05) is 67.4 Å². The molecule has 0 bridgehead atoms. The van der Waals surface area contributed by atoms with Gasteiger partial charge in [-0.05, 0) is 66.4 Å². The number of fused-ring (bicyclic) bond motifs is 5. The van der Waals surface area contributed by atoms with Crippen molar-refractivity contribution in [2.75, 3.05) is 4.90 Å². The van der Waals surface area contributed by atoms with Crippen molar-refractivity contribution in [1.29, 1.82) is 0 Å². The molecule has 3 aliphatic heterocycles. The molecular formula is C27H22N2O4. The van der Waals surface area contributed by atoms with Crippen LogP contribution < -0.4 is 4.90 Å². The molecule has 2 amide bonds. The zero-order chi connectivity index (χ0) is 22.9. The van der Waals surface area contributed by atoms with E-state index in [9.17, 15) is 14.4 Å². The molecule has 0 N–H and O–H groups in total. The second-order valence-corrected chi connectivity index (χ2v) is 8.96. The normalized spacial score (nSPS) is 25.3. The fourth-order valence-electron chi connectivity index (χ4n) is 5.54. The molecular weight excluding hydrogens is 416 g/mol. The third-order valence-electron chi connectivity index (χ3n) is 7.24. The van der Waals surface area contributed by atoms with Crippen molar-refractivity contribution < 1.29 is 18.8 Å². The molecule has 4 unspecified atom stereocenters. The predicted octanol–water partition coefficient (Wildman–Crippen LogP) is 4.29. The van der Waals surface area contributed by atoms with Crippen molar-refractivity contribution in [3.63, 3.8) is 0 Å². The highest BCUT2D eigenvalue weighted by Crippen LogP contribution is 2.53. The van der Waals surface area contributed by atoms with Crippen molar-refractivity contribution >= 4 is 29.4 Å². The van der Waals surface area contributed by atoms with Gasteiger partial charge in [-0.2, -0.15) is 0 Å². The average molecular weight is 438 g/mol. The fraction of sp³-hybridized carbons (Fsp3) is 0.222. The van der Waals surface area contributed by atoms with Gasteiger partial charge in [0.2, 0.25) is 17.6 Å². The van der Waals surface area contributed by atoms with Crippen LogP contribution in [0.15, 0.2) is 71.5 Å². The molecule has 2 aromatic carbocycles. The van der Waals surface area contributed by atoms with E-state index in [-0.39, 0.29) is 23.4 Å². The Morgan fingerprint density at radius 1 is 0.909 bits per heavy atom. The van der Waals surface area contributed by atoms with Gasteiger partial charge in [0.15, 0.2) is 5.76 Å². The van der Waals surface area contributed by atoms with Gasteiger partial charge in [-0.15, -0.1) is 0 Å². The molecule has 6 heteroatoms. The standard InChI is InChI=1S/C27H22N2O4/c1-15-9-10-18(14-16(15)2)29-26(31)21-22(27(29)32)24(25(30)20-8-5-13-33-20)28-12-11-17-6-3-4-7-19(17)23(21)28/h3-14,21-24H,1-2H3. The number of aryl methyl sites for hydroxylation is 2. The van der Waals surface area contributed by atoms with Gasteiger partial charge in [-0.25, -0.2) is 4.90 Å². The molecule has 0 radical (unpaired) electrons. The van der Waals surface area contributed by atoms with Gasteiger partial charge >= 0.3 is 0 Å². The summed E-state index contributed by atoms with van der Waals surface area (Å²) in [7, 11) is 0. The Hall–Kier alpha value is -3.93. The number of imide groups is 1. The van der Waals surface area contributed by atoms with Crippen LogP contribution in [-0.4, -0.2) is 28.5 Å². The fourth-order valence-corrected chi connectivity index (χ4v) is 5.54. The lowest BCUT2D eigenvalue weighted by Crippen LogP contribution is -2.44. The summed E-state index contributed by atoms with van der Waals surface area (Å²) in [5.74, 6) is -2.14. The Labute approximate surface area is 191 Å². The van der Waals surface area contributed by atoms with Crippen LogP contribution in [-0.2, 0) is 9.59 Å². The van der Waals surface area contributed by atoms with E-state index in [1.54, 1.807) is 18.2 Å². The number of amides is 2. The number of hydrogen-bond donors (Lipinski definition) is 0. The molecule has 3 aromatic rings. The van der Waals surface area contributed by atoms with Crippen molar-refractivity contribution in [2.45, 2.75) is 25.9 Å². The Morgan fingerprint density at radius 2 is 1.70 bits per heavy atom. The highest BCUT2D eigenvalue weighted by Gasteiger charge is 2.64. The highest BCUT2D eigenvalue weighted by molar-refractivity contribution is 6.24. The lowest BCUT2D eigenvalue weighted by atomic mass is 9.84. The first-order chi connectivity index (χ1) is 16.0. The largest absolute Gasteiger partial charge is 0.461 e. The summed E-state index contributed by atoms with van der Waals surface area (Å²) < 4.78 is 5.40. The second-order valence-electron chi connectivity index (χ2n) is 8.96. The number of carbonyl (C=O) groups is 3. The number of nitrogens with zero attached hydrogens (tertiary/aromatic N) is 2. The van der Waals surface area contributed by atoms with Crippen LogP contribution in [0.4, 0.5) is 5.69 Å². The number of anilines is 1. The molecule has 164 valence electrons. The lowest BCUT2D eigenvalue weighted by Gasteiger charge is -2.35. The molecule has 6 rings (SSSR count). The predicted molar refractivity (Wildman–Crippen MR) is 122 cm³/mol. The first-order valence-corrected chi connectivity index (χ1v) is 11.0. The Kier molecular flexibility index (Phi) is 4.21. The number of ketones is 1. The number of benzene rings is 2. The molecule has 2 fully saturated rings. The van der Waals surface area contributed by atoms with E-state index in [0.29, 0.717) is 5.69 Å². The van der Waals surface area contributed by atoms with Gasteiger partial charge in [0.25, 0.3) is 0 Å². The van der Waals surface area contributed by atoms with Gasteiger partial charge in [0.1, 0.15) is 6.04 Å². The first-order valence-electron chi connectivity index (χ1n) is 11.0.